The Morgan fingerprint density at radius 3 is 1.05 bits per heavy atom. The maximum absolute atomic E-state index is 10.8. The van der Waals surface area contributed by atoms with E-state index in [9.17, 15) is 15.3 Å². The lowest BCUT2D eigenvalue weighted by Gasteiger charge is -2.42. The topological polar surface area (TPSA) is 88.4 Å². The lowest BCUT2D eigenvalue weighted by molar-refractivity contribution is -0.303. The molecule has 0 aromatic rings. The molecule has 1 heterocycles. The average Bonchev–Trinajstić information content (AvgIpc) is 3.03. The van der Waals surface area contributed by atoms with Gasteiger partial charge in [0.05, 0.1) is 6.61 Å². The van der Waals surface area contributed by atoms with Gasteiger partial charge in [-0.15, -0.1) is 0 Å². The van der Waals surface area contributed by atoms with Gasteiger partial charge in [-0.2, -0.15) is 0 Å². The van der Waals surface area contributed by atoms with Crippen LogP contribution in [0.3, 0.4) is 0 Å². The van der Waals surface area contributed by atoms with Crippen molar-refractivity contribution in [3.8, 4) is 0 Å². The van der Waals surface area contributed by atoms with E-state index in [0.717, 1.165) is 25.7 Å². The third-order valence-corrected chi connectivity index (χ3v) is 9.43. The van der Waals surface area contributed by atoms with Crippen LogP contribution in [0.5, 0.6) is 0 Å². The van der Waals surface area contributed by atoms with Gasteiger partial charge in [-0.1, -0.05) is 181 Å². The zero-order chi connectivity index (χ0) is 31.9. The summed E-state index contributed by atoms with van der Waals surface area (Å²) in [5.74, 6) is 0. The lowest BCUT2D eigenvalue weighted by atomic mass is 9.98. The number of ether oxygens (including phenoxy) is 3. The molecule has 3 N–H and O–H groups in total. The molecule has 0 saturated carbocycles. The van der Waals surface area contributed by atoms with E-state index in [-0.39, 0.29) is 6.61 Å². The third kappa shape index (κ3) is 22.3. The highest BCUT2D eigenvalue weighted by molar-refractivity contribution is 4.90. The first-order valence-corrected chi connectivity index (χ1v) is 19.5. The van der Waals surface area contributed by atoms with Crippen molar-refractivity contribution < 1.29 is 29.5 Å². The van der Waals surface area contributed by atoms with Crippen LogP contribution in [0.1, 0.15) is 194 Å². The molecule has 0 aromatic heterocycles. The maximum atomic E-state index is 10.8. The van der Waals surface area contributed by atoms with Gasteiger partial charge in [0.2, 0.25) is 0 Å². The number of hydrogen-bond acceptors (Lipinski definition) is 6. The quantitative estimate of drug-likeness (QED) is 0.0627. The summed E-state index contributed by atoms with van der Waals surface area (Å²) in [4.78, 5) is 0. The summed E-state index contributed by atoms with van der Waals surface area (Å²) < 4.78 is 17.5. The van der Waals surface area contributed by atoms with Crippen LogP contribution < -0.4 is 0 Å². The van der Waals surface area contributed by atoms with Gasteiger partial charge < -0.3 is 29.5 Å². The highest BCUT2D eigenvalue weighted by atomic mass is 16.7. The zero-order valence-corrected chi connectivity index (χ0v) is 29.4. The Kier molecular flexibility index (Phi) is 29.8. The van der Waals surface area contributed by atoms with Gasteiger partial charge in [-0.25, -0.2) is 0 Å². The first-order valence-electron chi connectivity index (χ1n) is 19.5. The minimum absolute atomic E-state index is 0.359. The molecule has 0 amide bonds. The van der Waals surface area contributed by atoms with E-state index < -0.39 is 30.7 Å². The largest absolute Gasteiger partial charge is 0.394 e. The molecule has 0 aliphatic carbocycles. The van der Waals surface area contributed by atoms with Gasteiger partial charge in [-0.05, 0) is 12.8 Å². The Hall–Kier alpha value is -0.240. The Morgan fingerprint density at radius 1 is 0.432 bits per heavy atom. The number of aliphatic hydroxyl groups excluding tert-OH is 3. The van der Waals surface area contributed by atoms with Crippen molar-refractivity contribution in [2.45, 2.75) is 224 Å². The molecular formula is C38H76O6. The Morgan fingerprint density at radius 2 is 0.727 bits per heavy atom. The second-order valence-electron chi connectivity index (χ2n) is 13.6. The number of aliphatic hydroxyl groups is 3. The van der Waals surface area contributed by atoms with E-state index in [1.165, 1.54) is 154 Å². The molecule has 0 bridgehead atoms. The summed E-state index contributed by atoms with van der Waals surface area (Å²) >= 11 is 0. The number of rotatable bonds is 33. The van der Waals surface area contributed by atoms with E-state index in [1.54, 1.807) is 0 Å². The van der Waals surface area contributed by atoms with Crippen molar-refractivity contribution >= 4 is 0 Å². The molecule has 1 rings (SSSR count). The van der Waals surface area contributed by atoms with E-state index in [1.807, 2.05) is 0 Å². The van der Waals surface area contributed by atoms with Crippen LogP contribution in [0, 0.1) is 0 Å². The fraction of sp³-hybridized carbons (Fsp3) is 1.00. The van der Waals surface area contributed by atoms with Crippen molar-refractivity contribution in [2.24, 2.45) is 0 Å². The second kappa shape index (κ2) is 31.4. The molecular weight excluding hydrogens is 552 g/mol. The number of hydrogen-bond donors (Lipinski definition) is 3. The summed E-state index contributed by atoms with van der Waals surface area (Å²) in [6.07, 6.45) is 32.0. The van der Waals surface area contributed by atoms with E-state index in [0.29, 0.717) is 13.2 Å². The molecule has 0 aromatic carbocycles. The predicted molar refractivity (Wildman–Crippen MR) is 184 cm³/mol. The van der Waals surface area contributed by atoms with Crippen molar-refractivity contribution in [3.05, 3.63) is 0 Å². The van der Waals surface area contributed by atoms with Crippen molar-refractivity contribution in [1.29, 1.82) is 0 Å². The molecule has 0 radical (unpaired) electrons. The molecule has 1 saturated heterocycles. The first-order chi connectivity index (χ1) is 21.7. The Bertz CT molecular complexity index is 576. The Labute approximate surface area is 273 Å². The van der Waals surface area contributed by atoms with Crippen LogP contribution in [0.4, 0.5) is 0 Å². The van der Waals surface area contributed by atoms with Crippen LogP contribution in [-0.2, 0) is 14.2 Å². The van der Waals surface area contributed by atoms with Gasteiger partial charge in [0.1, 0.15) is 24.4 Å². The Balaban J connectivity index is 2.09. The van der Waals surface area contributed by atoms with Crippen LogP contribution in [0.2, 0.25) is 0 Å². The molecule has 0 unspecified atom stereocenters. The average molecular weight is 629 g/mol. The molecule has 1 aliphatic rings. The normalized spacial score (nSPS) is 22.2. The number of unbranched alkanes of at least 4 members (excludes halogenated alkanes) is 26. The molecule has 6 nitrogen and oxygen atoms in total. The molecule has 44 heavy (non-hydrogen) atoms. The molecule has 264 valence electrons. The van der Waals surface area contributed by atoms with E-state index >= 15 is 0 Å². The highest BCUT2D eigenvalue weighted by Gasteiger charge is 2.45. The fourth-order valence-corrected chi connectivity index (χ4v) is 6.46. The monoisotopic (exact) mass is 629 g/mol. The zero-order valence-electron chi connectivity index (χ0n) is 29.4. The molecule has 1 aliphatic heterocycles. The maximum Gasteiger partial charge on any atom is 0.184 e. The van der Waals surface area contributed by atoms with Gasteiger partial charge in [0.25, 0.3) is 0 Å². The summed E-state index contributed by atoms with van der Waals surface area (Å²) in [6, 6.07) is 0. The smallest absolute Gasteiger partial charge is 0.184 e. The highest BCUT2D eigenvalue weighted by Crippen LogP contribution is 2.26. The van der Waals surface area contributed by atoms with Gasteiger partial charge in [-0.3, -0.25) is 0 Å². The molecule has 5 atom stereocenters. The van der Waals surface area contributed by atoms with E-state index in [4.69, 9.17) is 14.2 Å². The summed E-state index contributed by atoms with van der Waals surface area (Å²) in [7, 11) is 0. The van der Waals surface area contributed by atoms with Gasteiger partial charge in [0.15, 0.2) is 6.29 Å². The summed E-state index contributed by atoms with van der Waals surface area (Å²) in [6.45, 7) is 5.22. The molecule has 1 fully saturated rings. The second-order valence-corrected chi connectivity index (χ2v) is 13.6. The van der Waals surface area contributed by atoms with Gasteiger partial charge >= 0.3 is 0 Å². The minimum atomic E-state index is -1.21. The predicted octanol–water partition coefficient (Wildman–Crippen LogP) is 9.79. The van der Waals surface area contributed by atoms with Crippen LogP contribution >= 0.6 is 0 Å². The standard InChI is InChI=1S/C38H76O6/c1-3-5-7-9-11-13-15-17-19-21-23-25-27-29-31-42-36-35(40)34(33-39)44-38(41)37(36)43-32-30-28-26-24-22-20-18-16-14-12-10-8-6-4-2/h34-41H,3-33H2,1-2H3/t34-,35-,36+,37+,38+/m1/s1. The van der Waals surface area contributed by atoms with Crippen LogP contribution in [-0.4, -0.2) is 65.8 Å². The third-order valence-electron chi connectivity index (χ3n) is 9.43. The van der Waals surface area contributed by atoms with Crippen LogP contribution in [0.15, 0.2) is 0 Å². The van der Waals surface area contributed by atoms with E-state index in [2.05, 4.69) is 13.8 Å². The van der Waals surface area contributed by atoms with Crippen molar-refractivity contribution in [3.63, 3.8) is 0 Å². The minimum Gasteiger partial charge on any atom is -0.394 e. The van der Waals surface area contributed by atoms with Crippen LogP contribution in [0.25, 0.3) is 0 Å². The summed E-state index contributed by atoms with van der Waals surface area (Å²) in [5, 5.41) is 30.9. The lowest BCUT2D eigenvalue weighted by Crippen LogP contribution is -2.60. The van der Waals surface area contributed by atoms with Crippen molar-refractivity contribution in [2.75, 3.05) is 19.8 Å². The van der Waals surface area contributed by atoms with Crippen molar-refractivity contribution in [1.82, 2.24) is 0 Å². The SMILES string of the molecule is CCCCCCCCCCCCCCCCO[C@H]1[C@H](O)[C@@H](CO)O[C@H](O)[C@H]1OCCCCCCCCCCCCCCCC. The first kappa shape index (κ1) is 41.8. The summed E-state index contributed by atoms with van der Waals surface area (Å²) in [5.41, 5.74) is 0. The van der Waals surface area contributed by atoms with Gasteiger partial charge in [0, 0.05) is 13.2 Å². The molecule has 0 spiro atoms. The fourth-order valence-electron chi connectivity index (χ4n) is 6.46. The molecule has 6 heteroatoms.